The molecule has 0 radical (unpaired) electrons. The van der Waals surface area contributed by atoms with E-state index in [0.717, 1.165) is 50.5 Å². The molecule has 4 saturated carbocycles. The zero-order valence-corrected chi connectivity index (χ0v) is 21.1. The molecule has 0 saturated heterocycles. The SMILES string of the molecule is COC(=O)c1ccc(CNC(=O)C23CC4CC(CC(C(=O)NCCCc5ccccc5)(C4)C2)C3)cc1. The molecular formula is C30H36N2O4. The second kappa shape index (κ2) is 10.1. The molecule has 4 fully saturated rings. The Morgan fingerprint density at radius 3 is 2.06 bits per heavy atom. The molecule has 2 N–H and O–H groups in total. The van der Waals surface area contributed by atoms with Crippen LogP contribution in [0, 0.1) is 22.7 Å². The maximum absolute atomic E-state index is 13.6. The van der Waals surface area contributed by atoms with Crippen molar-refractivity contribution in [3.8, 4) is 0 Å². The smallest absolute Gasteiger partial charge is 0.337 e. The summed E-state index contributed by atoms with van der Waals surface area (Å²) in [7, 11) is 1.36. The number of hydrogen-bond donors (Lipinski definition) is 2. The van der Waals surface area contributed by atoms with Crippen molar-refractivity contribution >= 4 is 17.8 Å². The summed E-state index contributed by atoms with van der Waals surface area (Å²) in [6.45, 7) is 1.08. The second-order valence-electron chi connectivity index (χ2n) is 11.2. The van der Waals surface area contributed by atoms with E-state index in [2.05, 4.69) is 22.8 Å². The monoisotopic (exact) mass is 488 g/mol. The van der Waals surface area contributed by atoms with E-state index < -0.39 is 10.8 Å². The van der Waals surface area contributed by atoms with Crippen LogP contribution < -0.4 is 10.6 Å². The molecule has 2 aromatic carbocycles. The molecule has 2 unspecified atom stereocenters. The minimum absolute atomic E-state index is 0.0786. The van der Waals surface area contributed by atoms with Crippen molar-refractivity contribution in [1.82, 2.24) is 10.6 Å². The largest absolute Gasteiger partial charge is 0.465 e. The van der Waals surface area contributed by atoms with Crippen molar-refractivity contribution < 1.29 is 19.1 Å². The van der Waals surface area contributed by atoms with Gasteiger partial charge in [0.15, 0.2) is 0 Å². The lowest BCUT2D eigenvalue weighted by Crippen LogP contribution is -2.61. The second-order valence-corrected chi connectivity index (χ2v) is 11.2. The molecule has 2 aromatic rings. The number of esters is 1. The Hall–Kier alpha value is -3.15. The fourth-order valence-corrected chi connectivity index (χ4v) is 7.37. The minimum Gasteiger partial charge on any atom is -0.465 e. The number of aryl methyl sites for hydroxylation is 1. The van der Waals surface area contributed by atoms with Crippen molar-refractivity contribution in [1.29, 1.82) is 0 Å². The third-order valence-electron chi connectivity index (χ3n) is 8.62. The molecule has 4 aliphatic rings. The van der Waals surface area contributed by atoms with E-state index in [1.54, 1.807) is 12.1 Å². The lowest BCUT2D eigenvalue weighted by molar-refractivity contribution is -0.167. The average Bonchev–Trinajstić information content (AvgIpc) is 2.89. The molecule has 36 heavy (non-hydrogen) atoms. The summed E-state index contributed by atoms with van der Waals surface area (Å²) in [5.74, 6) is 0.760. The van der Waals surface area contributed by atoms with Crippen LogP contribution in [0.25, 0.3) is 0 Å². The van der Waals surface area contributed by atoms with Gasteiger partial charge in [-0.3, -0.25) is 9.59 Å². The highest BCUT2D eigenvalue weighted by atomic mass is 16.5. The number of carbonyl (C=O) groups is 3. The van der Waals surface area contributed by atoms with Gasteiger partial charge in [-0.15, -0.1) is 0 Å². The van der Waals surface area contributed by atoms with Gasteiger partial charge in [-0.1, -0.05) is 42.5 Å². The highest BCUT2D eigenvalue weighted by molar-refractivity contribution is 5.89. The summed E-state index contributed by atoms with van der Waals surface area (Å²) in [4.78, 5) is 38.7. The topological polar surface area (TPSA) is 84.5 Å². The van der Waals surface area contributed by atoms with E-state index in [0.29, 0.717) is 36.9 Å². The molecule has 2 atom stereocenters. The van der Waals surface area contributed by atoms with Crippen LogP contribution in [0.2, 0.25) is 0 Å². The van der Waals surface area contributed by atoms with Gasteiger partial charge in [0.05, 0.1) is 23.5 Å². The molecule has 6 heteroatoms. The molecule has 0 aliphatic heterocycles. The number of nitrogens with one attached hydrogen (secondary N) is 2. The molecule has 0 aromatic heterocycles. The summed E-state index contributed by atoms with van der Waals surface area (Å²) in [6, 6.07) is 17.5. The predicted octanol–water partition coefficient (Wildman–Crippen LogP) is 4.43. The van der Waals surface area contributed by atoms with Crippen molar-refractivity contribution in [2.24, 2.45) is 22.7 Å². The number of ether oxygens (including phenoxy) is 1. The molecule has 0 spiro atoms. The molecular weight excluding hydrogens is 452 g/mol. The first kappa shape index (κ1) is 24.5. The summed E-state index contributed by atoms with van der Waals surface area (Å²) in [5.41, 5.74) is 1.86. The van der Waals surface area contributed by atoms with Gasteiger partial charge in [0.2, 0.25) is 11.8 Å². The molecule has 6 rings (SSSR count). The van der Waals surface area contributed by atoms with Gasteiger partial charge in [0.25, 0.3) is 0 Å². The lowest BCUT2D eigenvalue weighted by atomic mass is 9.43. The highest BCUT2D eigenvalue weighted by Gasteiger charge is 2.62. The predicted molar refractivity (Wildman–Crippen MR) is 137 cm³/mol. The van der Waals surface area contributed by atoms with Crippen molar-refractivity contribution in [2.75, 3.05) is 13.7 Å². The van der Waals surface area contributed by atoms with Gasteiger partial charge in [-0.25, -0.2) is 4.79 Å². The van der Waals surface area contributed by atoms with Crippen LogP contribution in [0.3, 0.4) is 0 Å². The van der Waals surface area contributed by atoms with Crippen LogP contribution in [0.5, 0.6) is 0 Å². The Bertz CT molecular complexity index is 1100. The Morgan fingerprint density at radius 1 is 0.833 bits per heavy atom. The normalized spacial score (nSPS) is 27.9. The Morgan fingerprint density at radius 2 is 1.44 bits per heavy atom. The fourth-order valence-electron chi connectivity index (χ4n) is 7.37. The summed E-state index contributed by atoms with van der Waals surface area (Å²) in [5, 5.41) is 6.39. The Labute approximate surface area is 213 Å². The lowest BCUT2D eigenvalue weighted by Gasteiger charge is -2.60. The summed E-state index contributed by atoms with van der Waals surface area (Å²) in [6.07, 6.45) is 7.28. The maximum Gasteiger partial charge on any atom is 0.337 e. The van der Waals surface area contributed by atoms with Crippen LogP contribution in [0.1, 0.15) is 66.4 Å². The van der Waals surface area contributed by atoms with E-state index >= 15 is 0 Å². The zero-order valence-electron chi connectivity index (χ0n) is 21.1. The third kappa shape index (κ3) is 4.91. The Balaban J connectivity index is 1.19. The van der Waals surface area contributed by atoms with E-state index in [1.165, 1.54) is 12.7 Å². The Kier molecular flexibility index (Phi) is 6.87. The maximum atomic E-state index is 13.6. The van der Waals surface area contributed by atoms with Gasteiger partial charge < -0.3 is 15.4 Å². The molecule has 2 amide bonds. The first-order chi connectivity index (χ1) is 17.4. The fraction of sp³-hybridized carbons (Fsp3) is 0.500. The quantitative estimate of drug-likeness (QED) is 0.404. The van der Waals surface area contributed by atoms with Crippen molar-refractivity contribution in [3.05, 3.63) is 71.3 Å². The first-order valence-electron chi connectivity index (χ1n) is 13.2. The summed E-state index contributed by atoms with van der Waals surface area (Å²) >= 11 is 0. The minimum atomic E-state index is -0.447. The molecule has 0 heterocycles. The van der Waals surface area contributed by atoms with Crippen LogP contribution in [0.15, 0.2) is 54.6 Å². The van der Waals surface area contributed by atoms with E-state index in [-0.39, 0.29) is 17.8 Å². The average molecular weight is 489 g/mol. The van der Waals surface area contributed by atoms with Crippen LogP contribution >= 0.6 is 0 Å². The van der Waals surface area contributed by atoms with Gasteiger partial charge in [-0.05, 0) is 86.5 Å². The summed E-state index contributed by atoms with van der Waals surface area (Å²) < 4.78 is 4.75. The van der Waals surface area contributed by atoms with E-state index in [1.807, 2.05) is 30.3 Å². The van der Waals surface area contributed by atoms with Gasteiger partial charge in [0.1, 0.15) is 0 Å². The van der Waals surface area contributed by atoms with E-state index in [4.69, 9.17) is 4.74 Å². The van der Waals surface area contributed by atoms with Crippen LogP contribution in [-0.2, 0) is 27.3 Å². The number of hydrogen-bond acceptors (Lipinski definition) is 4. The number of rotatable bonds is 9. The number of benzene rings is 2. The van der Waals surface area contributed by atoms with Crippen LogP contribution in [0.4, 0.5) is 0 Å². The number of amides is 2. The number of carbonyl (C=O) groups excluding carboxylic acids is 3. The molecule has 4 aliphatic carbocycles. The van der Waals surface area contributed by atoms with Crippen molar-refractivity contribution in [2.45, 2.75) is 57.9 Å². The first-order valence-corrected chi connectivity index (χ1v) is 13.2. The molecule has 6 nitrogen and oxygen atoms in total. The van der Waals surface area contributed by atoms with Crippen LogP contribution in [-0.4, -0.2) is 31.4 Å². The molecule has 190 valence electrons. The zero-order chi connectivity index (χ0) is 25.2. The number of methoxy groups -OCH3 is 1. The van der Waals surface area contributed by atoms with Gasteiger partial charge in [-0.2, -0.15) is 0 Å². The van der Waals surface area contributed by atoms with Gasteiger partial charge in [0, 0.05) is 13.1 Å². The van der Waals surface area contributed by atoms with E-state index in [9.17, 15) is 14.4 Å². The highest BCUT2D eigenvalue weighted by Crippen LogP contribution is 2.65. The third-order valence-corrected chi connectivity index (χ3v) is 8.62. The molecule has 4 bridgehead atoms. The van der Waals surface area contributed by atoms with Crippen molar-refractivity contribution in [3.63, 3.8) is 0 Å². The van der Waals surface area contributed by atoms with Gasteiger partial charge >= 0.3 is 5.97 Å². The standard InChI is InChI=1S/C30H36N2O4/c1-36-26(33)25-11-9-22(10-12-25)19-32-28(35)30-17-23-14-24(18-30)16-29(15-23,20-30)27(34)31-13-5-8-21-6-3-2-4-7-21/h2-4,6-7,9-12,23-24H,5,8,13-20H2,1H3,(H,31,34)(H,32,35).